The fourth-order valence-corrected chi connectivity index (χ4v) is 2.85. The van der Waals surface area contributed by atoms with Crippen LogP contribution in [0.2, 0.25) is 0 Å². The van der Waals surface area contributed by atoms with E-state index < -0.39 is 0 Å². The van der Waals surface area contributed by atoms with E-state index in [1.807, 2.05) is 12.1 Å². The van der Waals surface area contributed by atoms with Gasteiger partial charge in [0.1, 0.15) is 0 Å². The Bertz CT molecular complexity index is 512. The SMILES string of the molecule is NC(c1cccc2nccnc12)C1CCCC1. The minimum atomic E-state index is 0.109. The Kier molecular flexibility index (Phi) is 2.77. The molecular weight excluding hydrogens is 210 g/mol. The summed E-state index contributed by atoms with van der Waals surface area (Å²) in [6.45, 7) is 0. The van der Waals surface area contributed by atoms with Gasteiger partial charge in [0, 0.05) is 18.4 Å². The lowest BCUT2D eigenvalue weighted by atomic mass is 9.91. The molecule has 1 atom stereocenters. The van der Waals surface area contributed by atoms with Gasteiger partial charge in [-0.05, 0) is 30.4 Å². The molecule has 88 valence electrons. The second-order valence-corrected chi connectivity index (χ2v) is 4.84. The van der Waals surface area contributed by atoms with Gasteiger partial charge in [0.05, 0.1) is 11.0 Å². The van der Waals surface area contributed by atoms with E-state index >= 15 is 0 Å². The van der Waals surface area contributed by atoms with Gasteiger partial charge in [0.15, 0.2) is 0 Å². The first-order chi connectivity index (χ1) is 8.36. The van der Waals surface area contributed by atoms with Gasteiger partial charge in [-0.2, -0.15) is 0 Å². The monoisotopic (exact) mass is 227 g/mol. The van der Waals surface area contributed by atoms with Gasteiger partial charge in [-0.25, -0.2) is 0 Å². The molecule has 0 aliphatic heterocycles. The zero-order valence-electron chi connectivity index (χ0n) is 9.84. The molecule has 0 radical (unpaired) electrons. The van der Waals surface area contributed by atoms with Gasteiger partial charge in [0.25, 0.3) is 0 Å². The highest BCUT2D eigenvalue weighted by Gasteiger charge is 2.24. The highest BCUT2D eigenvalue weighted by atomic mass is 14.8. The van der Waals surface area contributed by atoms with Crippen LogP contribution in [0.25, 0.3) is 11.0 Å². The van der Waals surface area contributed by atoms with Crippen LogP contribution in [0.15, 0.2) is 30.6 Å². The van der Waals surface area contributed by atoms with Crippen molar-refractivity contribution >= 4 is 11.0 Å². The molecule has 0 saturated heterocycles. The predicted molar refractivity (Wildman–Crippen MR) is 68.4 cm³/mol. The summed E-state index contributed by atoms with van der Waals surface area (Å²) < 4.78 is 0. The normalized spacial score (nSPS) is 18.6. The smallest absolute Gasteiger partial charge is 0.0934 e. The molecule has 3 heteroatoms. The summed E-state index contributed by atoms with van der Waals surface area (Å²) >= 11 is 0. The Morgan fingerprint density at radius 1 is 1.12 bits per heavy atom. The third-order valence-corrected chi connectivity index (χ3v) is 3.80. The molecule has 1 aromatic carbocycles. The van der Waals surface area contributed by atoms with Crippen LogP contribution < -0.4 is 5.73 Å². The number of rotatable bonds is 2. The minimum Gasteiger partial charge on any atom is -0.324 e. The van der Waals surface area contributed by atoms with Crippen LogP contribution >= 0.6 is 0 Å². The van der Waals surface area contributed by atoms with Crippen LogP contribution in [-0.4, -0.2) is 9.97 Å². The van der Waals surface area contributed by atoms with E-state index in [1.165, 1.54) is 25.7 Å². The summed E-state index contributed by atoms with van der Waals surface area (Å²) in [4.78, 5) is 8.76. The number of para-hydroxylation sites is 1. The van der Waals surface area contributed by atoms with Gasteiger partial charge in [-0.1, -0.05) is 25.0 Å². The summed E-state index contributed by atoms with van der Waals surface area (Å²) in [5.41, 5.74) is 9.46. The van der Waals surface area contributed by atoms with Crippen molar-refractivity contribution in [3.63, 3.8) is 0 Å². The third kappa shape index (κ3) is 1.91. The fraction of sp³-hybridized carbons (Fsp3) is 0.429. The van der Waals surface area contributed by atoms with Gasteiger partial charge in [-0.15, -0.1) is 0 Å². The first-order valence-corrected chi connectivity index (χ1v) is 6.31. The Balaban J connectivity index is 2.04. The second kappa shape index (κ2) is 4.41. The van der Waals surface area contributed by atoms with Crippen LogP contribution in [0.1, 0.15) is 37.3 Å². The lowest BCUT2D eigenvalue weighted by Crippen LogP contribution is -2.19. The van der Waals surface area contributed by atoms with Crippen molar-refractivity contribution in [3.8, 4) is 0 Å². The van der Waals surface area contributed by atoms with Crippen LogP contribution in [-0.2, 0) is 0 Å². The molecule has 1 fully saturated rings. The van der Waals surface area contributed by atoms with Crippen LogP contribution in [0.3, 0.4) is 0 Å². The molecule has 1 unspecified atom stereocenters. The summed E-state index contributed by atoms with van der Waals surface area (Å²) in [5, 5.41) is 0. The van der Waals surface area contributed by atoms with E-state index in [4.69, 9.17) is 5.73 Å². The molecule has 3 nitrogen and oxygen atoms in total. The van der Waals surface area contributed by atoms with Gasteiger partial charge >= 0.3 is 0 Å². The third-order valence-electron chi connectivity index (χ3n) is 3.80. The molecule has 0 bridgehead atoms. The molecule has 2 N–H and O–H groups in total. The van der Waals surface area contributed by atoms with Crippen LogP contribution in [0, 0.1) is 5.92 Å². The van der Waals surface area contributed by atoms with Crippen molar-refractivity contribution in [1.82, 2.24) is 9.97 Å². The predicted octanol–water partition coefficient (Wildman–Crippen LogP) is 2.82. The molecule has 3 rings (SSSR count). The first-order valence-electron chi connectivity index (χ1n) is 6.31. The number of nitrogens with zero attached hydrogens (tertiary/aromatic N) is 2. The van der Waals surface area contributed by atoms with Gasteiger partial charge in [-0.3, -0.25) is 9.97 Å². The molecule has 2 aromatic rings. The Morgan fingerprint density at radius 3 is 2.71 bits per heavy atom. The molecule has 1 aliphatic rings. The number of fused-ring (bicyclic) bond motifs is 1. The number of aromatic nitrogens is 2. The molecule has 1 heterocycles. The number of nitrogens with two attached hydrogens (primary N) is 1. The van der Waals surface area contributed by atoms with Crippen molar-refractivity contribution in [2.75, 3.05) is 0 Å². The maximum atomic E-state index is 6.40. The van der Waals surface area contributed by atoms with Crippen LogP contribution in [0.4, 0.5) is 0 Å². The van der Waals surface area contributed by atoms with E-state index in [0.717, 1.165) is 16.6 Å². The Hall–Kier alpha value is -1.48. The van der Waals surface area contributed by atoms with Crippen molar-refractivity contribution in [2.45, 2.75) is 31.7 Å². The molecule has 1 aromatic heterocycles. The highest BCUT2D eigenvalue weighted by Crippen LogP contribution is 2.35. The number of benzene rings is 1. The zero-order valence-corrected chi connectivity index (χ0v) is 9.84. The highest BCUT2D eigenvalue weighted by molar-refractivity contribution is 5.78. The molecule has 1 aliphatic carbocycles. The summed E-state index contributed by atoms with van der Waals surface area (Å²) in [7, 11) is 0. The number of hydrogen-bond acceptors (Lipinski definition) is 3. The summed E-state index contributed by atoms with van der Waals surface area (Å²) in [5.74, 6) is 0.614. The van der Waals surface area contributed by atoms with Gasteiger partial charge in [0.2, 0.25) is 0 Å². The standard InChI is InChI=1S/C14H17N3/c15-13(10-4-1-2-5-10)11-6-3-7-12-14(11)17-9-8-16-12/h3,6-10,13H,1-2,4-5,15H2. The topological polar surface area (TPSA) is 51.8 Å². The van der Waals surface area contributed by atoms with E-state index in [-0.39, 0.29) is 6.04 Å². The van der Waals surface area contributed by atoms with Crippen molar-refractivity contribution in [1.29, 1.82) is 0 Å². The fourth-order valence-electron chi connectivity index (χ4n) is 2.85. The summed E-state index contributed by atoms with van der Waals surface area (Å²) in [6, 6.07) is 6.23. The molecule has 0 amide bonds. The quantitative estimate of drug-likeness (QED) is 0.858. The largest absolute Gasteiger partial charge is 0.324 e. The average Bonchev–Trinajstić information content (AvgIpc) is 2.91. The maximum Gasteiger partial charge on any atom is 0.0934 e. The lowest BCUT2D eigenvalue weighted by molar-refractivity contribution is 0.446. The number of hydrogen-bond donors (Lipinski definition) is 1. The van der Waals surface area contributed by atoms with Gasteiger partial charge < -0.3 is 5.73 Å². The minimum absolute atomic E-state index is 0.109. The van der Waals surface area contributed by atoms with Crippen molar-refractivity contribution in [2.24, 2.45) is 11.7 Å². The molecule has 0 spiro atoms. The first kappa shape index (κ1) is 10.7. The van der Waals surface area contributed by atoms with E-state index in [2.05, 4.69) is 16.0 Å². The average molecular weight is 227 g/mol. The molecule has 17 heavy (non-hydrogen) atoms. The van der Waals surface area contributed by atoms with E-state index in [1.54, 1.807) is 12.4 Å². The maximum absolute atomic E-state index is 6.40. The lowest BCUT2D eigenvalue weighted by Gasteiger charge is -2.20. The van der Waals surface area contributed by atoms with E-state index in [9.17, 15) is 0 Å². The second-order valence-electron chi connectivity index (χ2n) is 4.84. The van der Waals surface area contributed by atoms with E-state index in [0.29, 0.717) is 5.92 Å². The Morgan fingerprint density at radius 2 is 1.88 bits per heavy atom. The Labute approximate surface area is 101 Å². The molecular formula is C14H17N3. The zero-order chi connectivity index (χ0) is 11.7. The van der Waals surface area contributed by atoms with Crippen molar-refractivity contribution in [3.05, 3.63) is 36.2 Å². The van der Waals surface area contributed by atoms with Crippen LogP contribution in [0.5, 0.6) is 0 Å². The molecule has 1 saturated carbocycles. The van der Waals surface area contributed by atoms with Crippen molar-refractivity contribution < 1.29 is 0 Å². The summed E-state index contributed by atoms with van der Waals surface area (Å²) in [6.07, 6.45) is 8.60.